The summed E-state index contributed by atoms with van der Waals surface area (Å²) in [6, 6.07) is 21.5. The van der Waals surface area contributed by atoms with Gasteiger partial charge < -0.3 is 30.5 Å². The Kier molecular flexibility index (Phi) is 13.1. The molecule has 0 spiro atoms. The van der Waals surface area contributed by atoms with Gasteiger partial charge in [-0.25, -0.2) is 14.6 Å². The minimum absolute atomic E-state index is 0.0367. The van der Waals surface area contributed by atoms with E-state index in [4.69, 9.17) is 15.6 Å². The standard InChI is InChI=1S/C48H55N11O6/c49-44-42-43(32-16-18-35(19-17-32)65-34-11-3-1-4-12-34)54-59(45(42)52-31-51-44)33-10-8-25-57(30-33)40(61)15-9-24-56-28-26-55(27-29-56)23-6-2-5-22-50-37-14-7-13-36-41(37)48(64)58(47(36)63)38-20-21-39(60)53-46(38)62/h1,3-4,7,11-14,16-19,31,33,38,50H,2,5-6,8-10,15,20-30H2,(H2,49,51,52)(H,53,60,62). The lowest BCUT2D eigenvalue weighted by Crippen LogP contribution is -2.54. The maximum absolute atomic E-state index is 13.6. The highest BCUT2D eigenvalue weighted by atomic mass is 16.5. The number of nitrogens with two attached hydrogens (primary N) is 1. The molecule has 17 heteroatoms. The summed E-state index contributed by atoms with van der Waals surface area (Å²) >= 11 is 0. The Hall–Kier alpha value is -6.72. The van der Waals surface area contributed by atoms with E-state index in [0.29, 0.717) is 53.5 Å². The third-order valence-corrected chi connectivity index (χ3v) is 13.0. The number of anilines is 2. The normalized spacial score (nSPS) is 19.4. The van der Waals surface area contributed by atoms with Crippen molar-refractivity contribution in [1.29, 1.82) is 0 Å². The van der Waals surface area contributed by atoms with Crippen molar-refractivity contribution in [2.45, 2.75) is 69.9 Å². The first-order chi connectivity index (χ1) is 31.7. The summed E-state index contributed by atoms with van der Waals surface area (Å²) in [7, 11) is 0. The number of hydrogen-bond donors (Lipinski definition) is 3. The van der Waals surface area contributed by atoms with Crippen LogP contribution in [0.25, 0.3) is 22.3 Å². The van der Waals surface area contributed by atoms with Crippen molar-refractivity contribution in [3.8, 4) is 22.8 Å². The van der Waals surface area contributed by atoms with Crippen molar-refractivity contribution in [2.75, 3.05) is 70.0 Å². The maximum atomic E-state index is 13.6. The second-order valence-electron chi connectivity index (χ2n) is 17.3. The van der Waals surface area contributed by atoms with Gasteiger partial charge in [0, 0.05) is 69.9 Å². The van der Waals surface area contributed by atoms with Crippen LogP contribution in [0.15, 0.2) is 79.1 Å². The molecular formula is C48H55N11O6. The molecule has 4 aliphatic rings. The van der Waals surface area contributed by atoms with E-state index in [1.165, 1.54) is 6.33 Å². The summed E-state index contributed by atoms with van der Waals surface area (Å²) in [6.07, 6.45) is 7.72. The monoisotopic (exact) mass is 881 g/mol. The second kappa shape index (κ2) is 19.6. The summed E-state index contributed by atoms with van der Waals surface area (Å²) < 4.78 is 7.94. The van der Waals surface area contributed by atoms with Crippen LogP contribution >= 0.6 is 0 Å². The molecule has 2 unspecified atom stereocenters. The summed E-state index contributed by atoms with van der Waals surface area (Å²) in [6.45, 7) is 7.80. The van der Waals surface area contributed by atoms with Crippen LogP contribution in [-0.4, -0.2) is 134 Å². The third-order valence-electron chi connectivity index (χ3n) is 13.0. The number of nitrogens with zero attached hydrogens (tertiary/aromatic N) is 8. The van der Waals surface area contributed by atoms with Gasteiger partial charge in [-0.1, -0.05) is 30.7 Å². The quantitative estimate of drug-likeness (QED) is 0.0873. The lowest BCUT2D eigenvalue weighted by atomic mass is 10.0. The molecule has 4 N–H and O–H groups in total. The highest BCUT2D eigenvalue weighted by Gasteiger charge is 2.45. The number of nitrogen functional groups attached to an aromatic ring is 1. The first-order valence-corrected chi connectivity index (χ1v) is 22.8. The number of aromatic nitrogens is 4. The van der Waals surface area contributed by atoms with Crippen LogP contribution in [0.5, 0.6) is 11.5 Å². The van der Waals surface area contributed by atoms with Crippen LogP contribution in [0, 0.1) is 0 Å². The molecule has 3 saturated heterocycles. The molecule has 338 valence electrons. The number of carbonyl (C=O) groups excluding carboxylic acids is 5. The highest BCUT2D eigenvalue weighted by Crippen LogP contribution is 2.36. The average Bonchev–Trinajstić information content (AvgIpc) is 3.84. The third kappa shape index (κ3) is 9.56. The summed E-state index contributed by atoms with van der Waals surface area (Å²) in [4.78, 5) is 81.0. The minimum Gasteiger partial charge on any atom is -0.457 e. The number of carbonyl (C=O) groups is 5. The van der Waals surface area contributed by atoms with Gasteiger partial charge in [0.1, 0.15) is 35.4 Å². The van der Waals surface area contributed by atoms with Gasteiger partial charge in [-0.2, -0.15) is 5.10 Å². The van der Waals surface area contributed by atoms with Crippen LogP contribution in [-0.2, 0) is 14.4 Å². The van der Waals surface area contributed by atoms with Crippen LogP contribution in [0.2, 0.25) is 0 Å². The Bertz CT molecular complexity index is 2560. The zero-order chi connectivity index (χ0) is 44.9. The number of unbranched alkanes of at least 4 members (excludes halogenated alkanes) is 2. The number of likely N-dealkylation sites (tertiary alicyclic amines) is 1. The number of benzene rings is 3. The molecule has 4 aliphatic heterocycles. The maximum Gasteiger partial charge on any atom is 0.264 e. The predicted molar refractivity (Wildman–Crippen MR) is 244 cm³/mol. The van der Waals surface area contributed by atoms with E-state index in [9.17, 15) is 24.0 Å². The molecule has 5 amide bonds. The molecule has 0 aliphatic carbocycles. The number of hydrogen-bond acceptors (Lipinski definition) is 13. The van der Waals surface area contributed by atoms with E-state index < -0.39 is 29.7 Å². The molecule has 2 aromatic heterocycles. The Labute approximate surface area is 377 Å². The topological polar surface area (TPSA) is 201 Å². The van der Waals surface area contributed by atoms with Gasteiger partial charge in [0.2, 0.25) is 17.7 Å². The second-order valence-corrected chi connectivity index (χ2v) is 17.3. The van der Waals surface area contributed by atoms with Crippen LogP contribution in [0.1, 0.15) is 84.5 Å². The van der Waals surface area contributed by atoms with E-state index in [1.807, 2.05) is 64.2 Å². The molecule has 9 rings (SSSR count). The number of para-hydroxylation sites is 1. The molecule has 65 heavy (non-hydrogen) atoms. The van der Waals surface area contributed by atoms with Gasteiger partial charge in [-0.15, -0.1) is 0 Å². The molecule has 17 nitrogen and oxygen atoms in total. The number of piperidine rings is 2. The fourth-order valence-electron chi connectivity index (χ4n) is 9.51. The van der Waals surface area contributed by atoms with Crippen LogP contribution in [0.3, 0.4) is 0 Å². The Morgan fingerprint density at radius 2 is 1.55 bits per heavy atom. The highest BCUT2D eigenvalue weighted by molar-refractivity contribution is 6.25. The van der Waals surface area contributed by atoms with Gasteiger partial charge >= 0.3 is 0 Å². The molecule has 3 aromatic carbocycles. The minimum atomic E-state index is -0.986. The van der Waals surface area contributed by atoms with Crippen molar-refractivity contribution in [3.05, 3.63) is 90.3 Å². The molecule has 0 saturated carbocycles. The van der Waals surface area contributed by atoms with E-state index >= 15 is 0 Å². The van der Waals surface area contributed by atoms with Crippen molar-refractivity contribution >= 4 is 52.1 Å². The number of rotatable bonds is 16. The molecule has 0 radical (unpaired) electrons. The Morgan fingerprint density at radius 1 is 0.800 bits per heavy atom. The number of fused-ring (bicyclic) bond motifs is 2. The lowest BCUT2D eigenvalue weighted by Gasteiger charge is -2.35. The van der Waals surface area contributed by atoms with E-state index in [-0.39, 0.29) is 35.9 Å². The van der Waals surface area contributed by atoms with Crippen molar-refractivity contribution < 1.29 is 28.7 Å². The molecule has 6 heterocycles. The van der Waals surface area contributed by atoms with Crippen LogP contribution < -0.4 is 21.1 Å². The van der Waals surface area contributed by atoms with Gasteiger partial charge in [0.25, 0.3) is 11.8 Å². The zero-order valence-corrected chi connectivity index (χ0v) is 36.5. The summed E-state index contributed by atoms with van der Waals surface area (Å²) in [5.74, 6) is -0.00431. The molecular weight excluding hydrogens is 827 g/mol. The first kappa shape index (κ1) is 43.5. The smallest absolute Gasteiger partial charge is 0.264 e. The number of ether oxygens (including phenoxy) is 1. The van der Waals surface area contributed by atoms with Crippen molar-refractivity contribution in [2.24, 2.45) is 0 Å². The number of amides is 5. The molecule has 5 aromatic rings. The van der Waals surface area contributed by atoms with E-state index in [1.54, 1.807) is 18.2 Å². The molecule has 0 bridgehead atoms. The molecule has 3 fully saturated rings. The van der Waals surface area contributed by atoms with Gasteiger partial charge in [0.15, 0.2) is 5.65 Å². The van der Waals surface area contributed by atoms with Crippen LogP contribution in [0.4, 0.5) is 11.5 Å². The number of nitrogens with one attached hydrogen (secondary N) is 2. The summed E-state index contributed by atoms with van der Waals surface area (Å²) in [5.41, 5.74) is 9.83. The fraction of sp³-hybridized carbons (Fsp3) is 0.417. The fourth-order valence-corrected chi connectivity index (χ4v) is 9.51. The van der Waals surface area contributed by atoms with E-state index in [2.05, 4.69) is 30.4 Å². The van der Waals surface area contributed by atoms with E-state index in [0.717, 1.165) is 101 Å². The Balaban J connectivity index is 0.689. The van der Waals surface area contributed by atoms with Gasteiger partial charge in [-0.3, -0.25) is 34.2 Å². The lowest BCUT2D eigenvalue weighted by molar-refractivity contribution is -0.136. The summed E-state index contributed by atoms with van der Waals surface area (Å²) in [5, 5.41) is 11.3. The average molecular weight is 882 g/mol. The number of piperazine rings is 1. The number of imide groups is 2. The van der Waals surface area contributed by atoms with Gasteiger partial charge in [0.05, 0.1) is 22.6 Å². The largest absolute Gasteiger partial charge is 0.457 e. The Morgan fingerprint density at radius 3 is 2.32 bits per heavy atom. The predicted octanol–water partition coefficient (Wildman–Crippen LogP) is 5.11. The molecule has 2 atom stereocenters. The first-order valence-electron chi connectivity index (χ1n) is 22.8. The van der Waals surface area contributed by atoms with Gasteiger partial charge in [-0.05, 0) is 100 Å². The van der Waals surface area contributed by atoms with Crippen molar-refractivity contribution in [1.82, 2.24) is 44.7 Å². The van der Waals surface area contributed by atoms with Crippen molar-refractivity contribution in [3.63, 3.8) is 0 Å². The SMILES string of the molecule is Nc1ncnc2c1c(-c1ccc(Oc3ccccc3)cc1)nn2C1CCCN(C(=O)CCCN2CCN(CCCCCNc3cccc4c3C(=O)N(C3CCC(=O)NC3=O)C4=O)CC2)C1. The zero-order valence-electron chi connectivity index (χ0n) is 36.5.